The van der Waals surface area contributed by atoms with Crippen molar-refractivity contribution in [3.63, 3.8) is 0 Å². The van der Waals surface area contributed by atoms with Crippen LogP contribution in [0.15, 0.2) is 24.3 Å². The monoisotopic (exact) mass is 221 g/mol. The van der Waals surface area contributed by atoms with Crippen LogP contribution in [0.5, 0.6) is 5.75 Å². The third-order valence-electron chi connectivity index (χ3n) is 1.87. The minimum absolute atomic E-state index is 0. The Morgan fingerprint density at radius 2 is 2.07 bits per heavy atom. The molecule has 0 spiro atoms. The summed E-state index contributed by atoms with van der Waals surface area (Å²) < 4.78 is 5.36. The Balaban J connectivity index is 0.00000196. The lowest BCUT2D eigenvalue weighted by atomic mass is 10.2. The molecule has 0 aliphatic carbocycles. The Labute approximate surface area is 100 Å². The highest BCUT2D eigenvalue weighted by Gasteiger charge is 2.09. The van der Waals surface area contributed by atoms with Crippen LogP contribution in [-0.2, 0) is 0 Å². The highest BCUT2D eigenvalue weighted by molar-refractivity contribution is 5.90. The molecule has 0 amide bonds. The lowest BCUT2D eigenvalue weighted by molar-refractivity contribution is 0.0692. The average molecular weight is 221 g/mol. The van der Waals surface area contributed by atoms with E-state index in [4.69, 9.17) is 9.84 Å². The third-order valence-corrected chi connectivity index (χ3v) is 1.87. The molecule has 0 atom stereocenters. The summed E-state index contributed by atoms with van der Waals surface area (Å²) in [7, 11) is 0. The zero-order valence-corrected chi connectivity index (χ0v) is 9.93. The Hall–Kier alpha value is -0.978. The maximum Gasteiger partial charge on any atom is 0.339 e. The smallest absolute Gasteiger partial charge is 0.339 e. The molecule has 3 radical (unpaired) electrons. The van der Waals surface area contributed by atoms with Crippen molar-refractivity contribution < 1.29 is 14.6 Å². The summed E-state index contributed by atoms with van der Waals surface area (Å²) in [6.07, 6.45) is 1.98. The molecule has 4 heteroatoms. The number of benzene rings is 1. The van der Waals surface area contributed by atoms with Crippen LogP contribution in [0.4, 0.5) is 0 Å². The number of carboxylic acid groups (broad SMARTS) is 1. The quantitative estimate of drug-likeness (QED) is 0.612. The van der Waals surface area contributed by atoms with Gasteiger partial charge in [0.15, 0.2) is 0 Å². The number of rotatable bonds is 5. The molecule has 1 aromatic carbocycles. The van der Waals surface area contributed by atoms with Gasteiger partial charge in [0.05, 0.1) is 6.61 Å². The second-order valence-electron chi connectivity index (χ2n) is 3.00. The van der Waals surface area contributed by atoms with E-state index in [1.807, 2.05) is 0 Å². The third kappa shape index (κ3) is 4.37. The molecule has 1 aromatic rings. The van der Waals surface area contributed by atoms with E-state index in [9.17, 15) is 4.79 Å². The molecule has 0 aliphatic heterocycles. The number of carbonyl (C=O) groups is 1. The first-order valence-corrected chi connectivity index (χ1v) is 4.70. The van der Waals surface area contributed by atoms with Crippen LogP contribution in [0.1, 0.15) is 30.1 Å². The van der Waals surface area contributed by atoms with Crippen LogP contribution in [0.3, 0.4) is 0 Å². The predicted molar refractivity (Wildman–Crippen MR) is 59.6 cm³/mol. The number of para-hydroxylation sites is 1. The summed E-state index contributed by atoms with van der Waals surface area (Å²) >= 11 is 0. The molecular formula is C11H14AlO3. The van der Waals surface area contributed by atoms with Crippen molar-refractivity contribution in [1.29, 1.82) is 0 Å². The van der Waals surface area contributed by atoms with Crippen molar-refractivity contribution in [2.45, 2.75) is 19.8 Å². The molecule has 15 heavy (non-hydrogen) atoms. The van der Waals surface area contributed by atoms with E-state index in [1.165, 1.54) is 0 Å². The molecule has 0 bridgehead atoms. The lowest BCUT2D eigenvalue weighted by Gasteiger charge is -2.07. The normalized spacial score (nSPS) is 9.13. The number of hydrogen-bond acceptors (Lipinski definition) is 2. The van der Waals surface area contributed by atoms with Crippen molar-refractivity contribution in [3.05, 3.63) is 29.8 Å². The van der Waals surface area contributed by atoms with E-state index in [0.29, 0.717) is 12.4 Å². The van der Waals surface area contributed by atoms with Crippen molar-refractivity contribution in [1.82, 2.24) is 0 Å². The molecule has 0 aromatic heterocycles. The van der Waals surface area contributed by atoms with E-state index >= 15 is 0 Å². The fourth-order valence-corrected chi connectivity index (χ4v) is 1.10. The van der Waals surface area contributed by atoms with Gasteiger partial charge in [-0.25, -0.2) is 4.79 Å². The van der Waals surface area contributed by atoms with E-state index in [1.54, 1.807) is 24.3 Å². The Morgan fingerprint density at radius 1 is 1.40 bits per heavy atom. The average Bonchev–Trinajstić information content (AvgIpc) is 2.19. The molecule has 0 unspecified atom stereocenters. The van der Waals surface area contributed by atoms with Crippen LogP contribution in [0, 0.1) is 0 Å². The standard InChI is InChI=1S/C11H14O3.Al/c1-2-3-8-14-10-7-5-4-6-9(10)11(12)13;/h4-7H,2-3,8H2,1H3,(H,12,13);. The Morgan fingerprint density at radius 3 is 2.67 bits per heavy atom. The fourth-order valence-electron chi connectivity index (χ4n) is 1.10. The highest BCUT2D eigenvalue weighted by atomic mass is 27.0. The van der Waals surface area contributed by atoms with E-state index in [-0.39, 0.29) is 22.9 Å². The first kappa shape index (κ1) is 14.0. The van der Waals surface area contributed by atoms with E-state index in [2.05, 4.69) is 6.92 Å². The summed E-state index contributed by atoms with van der Waals surface area (Å²) in [5.74, 6) is -0.495. The van der Waals surface area contributed by atoms with Gasteiger partial charge >= 0.3 is 5.97 Å². The molecule has 0 saturated heterocycles. The number of unbranched alkanes of at least 4 members (excludes halogenated alkanes) is 1. The van der Waals surface area contributed by atoms with Gasteiger partial charge in [0, 0.05) is 17.4 Å². The lowest BCUT2D eigenvalue weighted by Crippen LogP contribution is -2.03. The van der Waals surface area contributed by atoms with Gasteiger partial charge in [-0.2, -0.15) is 0 Å². The summed E-state index contributed by atoms with van der Waals surface area (Å²) in [6.45, 7) is 2.63. The number of hydrogen-bond donors (Lipinski definition) is 1. The summed E-state index contributed by atoms with van der Waals surface area (Å²) in [4.78, 5) is 10.8. The van der Waals surface area contributed by atoms with Crippen molar-refractivity contribution in [2.75, 3.05) is 6.61 Å². The van der Waals surface area contributed by atoms with Crippen molar-refractivity contribution in [3.8, 4) is 5.75 Å². The van der Waals surface area contributed by atoms with Gasteiger partial charge in [-0.15, -0.1) is 0 Å². The predicted octanol–water partition coefficient (Wildman–Crippen LogP) is 2.18. The topological polar surface area (TPSA) is 46.5 Å². The summed E-state index contributed by atoms with van der Waals surface area (Å²) in [5, 5.41) is 8.84. The molecule has 1 N–H and O–H groups in total. The largest absolute Gasteiger partial charge is 0.493 e. The van der Waals surface area contributed by atoms with E-state index in [0.717, 1.165) is 12.8 Å². The molecule has 0 heterocycles. The van der Waals surface area contributed by atoms with Gasteiger partial charge in [0.2, 0.25) is 0 Å². The maximum atomic E-state index is 10.8. The first-order valence-electron chi connectivity index (χ1n) is 4.70. The second-order valence-corrected chi connectivity index (χ2v) is 3.00. The number of aromatic carboxylic acids is 1. The SMILES string of the molecule is CCCCOc1ccccc1C(=O)O.[Al]. The summed E-state index contributed by atoms with van der Waals surface area (Å²) in [6, 6.07) is 6.69. The molecule has 0 fully saturated rings. The first-order chi connectivity index (χ1) is 6.75. The second kappa shape index (κ2) is 7.33. The molecule has 0 saturated carbocycles. The van der Waals surface area contributed by atoms with Gasteiger partial charge in [0.1, 0.15) is 11.3 Å². The summed E-state index contributed by atoms with van der Waals surface area (Å²) in [5.41, 5.74) is 0.226. The molecule has 0 aliphatic rings. The van der Waals surface area contributed by atoms with Gasteiger partial charge < -0.3 is 9.84 Å². The minimum atomic E-state index is -0.947. The van der Waals surface area contributed by atoms with Crippen LogP contribution in [0.2, 0.25) is 0 Å². The van der Waals surface area contributed by atoms with Gasteiger partial charge in [0.25, 0.3) is 0 Å². The molecular weight excluding hydrogens is 207 g/mol. The molecule has 79 valence electrons. The fraction of sp³-hybridized carbons (Fsp3) is 0.364. The number of carboxylic acids is 1. The molecule has 3 nitrogen and oxygen atoms in total. The van der Waals surface area contributed by atoms with Crippen LogP contribution in [-0.4, -0.2) is 35.0 Å². The van der Waals surface area contributed by atoms with Gasteiger partial charge in [-0.05, 0) is 18.6 Å². The van der Waals surface area contributed by atoms with Gasteiger partial charge in [-0.3, -0.25) is 0 Å². The minimum Gasteiger partial charge on any atom is -0.493 e. The van der Waals surface area contributed by atoms with Crippen LogP contribution < -0.4 is 4.74 Å². The maximum absolute atomic E-state index is 10.8. The van der Waals surface area contributed by atoms with E-state index < -0.39 is 5.97 Å². The number of ether oxygens (including phenoxy) is 1. The van der Waals surface area contributed by atoms with Gasteiger partial charge in [-0.1, -0.05) is 25.5 Å². The van der Waals surface area contributed by atoms with Crippen molar-refractivity contribution >= 4 is 23.3 Å². The Kier molecular flexibility index (Phi) is 6.85. The molecule has 1 rings (SSSR count). The zero-order valence-electron chi connectivity index (χ0n) is 8.77. The van der Waals surface area contributed by atoms with Crippen LogP contribution in [0.25, 0.3) is 0 Å². The highest BCUT2D eigenvalue weighted by Crippen LogP contribution is 2.17. The van der Waals surface area contributed by atoms with Crippen molar-refractivity contribution in [2.24, 2.45) is 0 Å². The Bertz CT molecular complexity index is 312. The zero-order chi connectivity index (χ0) is 10.4. The van der Waals surface area contributed by atoms with Crippen LogP contribution >= 0.6 is 0 Å².